The summed E-state index contributed by atoms with van der Waals surface area (Å²) in [6.45, 7) is 4.02. The zero-order valence-corrected chi connectivity index (χ0v) is 18.7. The van der Waals surface area contributed by atoms with Gasteiger partial charge in [0, 0.05) is 17.0 Å². The minimum atomic E-state index is -0.524. The van der Waals surface area contributed by atoms with Crippen LogP contribution in [0, 0.1) is 5.82 Å². The number of benzene rings is 2. The molecule has 32 heavy (non-hydrogen) atoms. The Morgan fingerprint density at radius 1 is 1.25 bits per heavy atom. The van der Waals surface area contributed by atoms with E-state index >= 15 is 0 Å². The van der Waals surface area contributed by atoms with Gasteiger partial charge in [0.25, 0.3) is 0 Å². The fourth-order valence-corrected chi connectivity index (χ4v) is 4.22. The lowest BCUT2D eigenvalue weighted by Crippen LogP contribution is -2.31. The molecule has 0 saturated heterocycles. The third-order valence-electron chi connectivity index (χ3n) is 5.08. The smallest absolute Gasteiger partial charge is 0.248 e. The van der Waals surface area contributed by atoms with Crippen molar-refractivity contribution >= 4 is 23.6 Å². The largest absolute Gasteiger partial charge is 0.489 e. The van der Waals surface area contributed by atoms with Gasteiger partial charge in [0.05, 0.1) is 5.57 Å². The maximum Gasteiger partial charge on any atom is 0.248 e. The second-order valence-electron chi connectivity index (χ2n) is 7.39. The second kappa shape index (κ2) is 9.44. The van der Waals surface area contributed by atoms with E-state index < -0.39 is 11.9 Å². The topological polar surface area (TPSA) is 95.1 Å². The first-order valence-corrected chi connectivity index (χ1v) is 11.3. The van der Waals surface area contributed by atoms with Crippen molar-refractivity contribution < 1.29 is 13.9 Å². The SMILES string of the molecule is CCCSc1nc2n(n1)C(c1ccc(OCc3ccccc3F)cc1)C(C(N)=O)=C(C)N2. The molecular formula is C23H24FN5O2S. The third kappa shape index (κ3) is 4.47. The van der Waals surface area contributed by atoms with Crippen molar-refractivity contribution in [2.45, 2.75) is 38.1 Å². The zero-order chi connectivity index (χ0) is 22.7. The third-order valence-corrected chi connectivity index (χ3v) is 6.13. The van der Waals surface area contributed by atoms with Gasteiger partial charge in [0.15, 0.2) is 0 Å². The number of halogens is 1. The molecule has 0 fully saturated rings. The first-order chi connectivity index (χ1) is 15.5. The number of anilines is 1. The molecule has 1 aromatic heterocycles. The molecule has 4 rings (SSSR count). The summed E-state index contributed by atoms with van der Waals surface area (Å²) in [6.07, 6.45) is 1.00. The van der Waals surface area contributed by atoms with Crippen LogP contribution in [-0.2, 0) is 11.4 Å². The van der Waals surface area contributed by atoms with Gasteiger partial charge in [-0.25, -0.2) is 9.07 Å². The van der Waals surface area contributed by atoms with Crippen molar-refractivity contribution in [3.63, 3.8) is 0 Å². The van der Waals surface area contributed by atoms with Crippen LogP contribution in [0.2, 0.25) is 0 Å². The van der Waals surface area contributed by atoms with Crippen molar-refractivity contribution in [3.8, 4) is 5.75 Å². The molecule has 0 aliphatic carbocycles. The van der Waals surface area contributed by atoms with E-state index in [-0.39, 0.29) is 12.4 Å². The van der Waals surface area contributed by atoms with Crippen LogP contribution in [0.25, 0.3) is 0 Å². The number of aromatic nitrogens is 3. The van der Waals surface area contributed by atoms with Gasteiger partial charge in [-0.1, -0.05) is 49.0 Å². The van der Waals surface area contributed by atoms with E-state index in [2.05, 4.69) is 22.3 Å². The maximum absolute atomic E-state index is 13.8. The molecule has 2 heterocycles. The molecule has 3 N–H and O–H groups in total. The van der Waals surface area contributed by atoms with E-state index in [0.717, 1.165) is 17.7 Å². The van der Waals surface area contributed by atoms with Gasteiger partial charge in [-0.3, -0.25) is 4.79 Å². The summed E-state index contributed by atoms with van der Waals surface area (Å²) in [4.78, 5) is 16.8. The van der Waals surface area contributed by atoms with E-state index in [1.54, 1.807) is 53.7 Å². The number of nitrogens with two attached hydrogens (primary N) is 1. The Labute approximate surface area is 189 Å². The Morgan fingerprint density at radius 3 is 2.69 bits per heavy atom. The van der Waals surface area contributed by atoms with Crippen LogP contribution in [0.4, 0.5) is 10.3 Å². The van der Waals surface area contributed by atoms with Crippen LogP contribution in [0.3, 0.4) is 0 Å². The van der Waals surface area contributed by atoms with Gasteiger partial charge >= 0.3 is 0 Å². The number of nitrogens with zero attached hydrogens (tertiary/aromatic N) is 3. The van der Waals surface area contributed by atoms with Crippen LogP contribution in [-0.4, -0.2) is 26.4 Å². The average molecular weight is 454 g/mol. The number of thioether (sulfide) groups is 1. The predicted octanol–water partition coefficient (Wildman–Crippen LogP) is 4.27. The van der Waals surface area contributed by atoms with Gasteiger partial charge < -0.3 is 15.8 Å². The van der Waals surface area contributed by atoms with Crippen LogP contribution >= 0.6 is 11.8 Å². The Balaban J connectivity index is 1.61. The van der Waals surface area contributed by atoms with Gasteiger partial charge in [0.1, 0.15) is 24.2 Å². The standard InChI is InChI=1S/C23H24FN5O2S/c1-3-12-32-23-27-22-26-14(2)19(21(25)30)20(29(22)28-23)15-8-10-17(11-9-15)31-13-16-6-4-5-7-18(16)24/h4-11,20H,3,12-13H2,1-2H3,(H2,25,30)(H,26,27,28). The molecular weight excluding hydrogens is 429 g/mol. The molecule has 1 aliphatic heterocycles. The monoisotopic (exact) mass is 453 g/mol. The summed E-state index contributed by atoms with van der Waals surface area (Å²) in [7, 11) is 0. The molecule has 2 aromatic carbocycles. The summed E-state index contributed by atoms with van der Waals surface area (Å²) in [5.74, 6) is 1.23. The van der Waals surface area contributed by atoms with Crippen molar-refractivity contribution in [2.24, 2.45) is 5.73 Å². The number of carbonyl (C=O) groups excluding carboxylic acids is 1. The Kier molecular flexibility index (Phi) is 6.45. The normalized spacial score (nSPS) is 15.3. The van der Waals surface area contributed by atoms with Gasteiger partial charge in [0.2, 0.25) is 17.0 Å². The summed E-state index contributed by atoms with van der Waals surface area (Å²) in [5, 5.41) is 8.39. The molecule has 166 valence electrons. The predicted molar refractivity (Wildman–Crippen MR) is 122 cm³/mol. The van der Waals surface area contributed by atoms with Crippen molar-refractivity contribution in [1.82, 2.24) is 14.8 Å². The molecule has 1 amide bonds. The fraction of sp³-hybridized carbons (Fsp3) is 0.261. The van der Waals surface area contributed by atoms with Gasteiger partial charge in [-0.2, -0.15) is 4.98 Å². The Morgan fingerprint density at radius 2 is 2.00 bits per heavy atom. The number of hydrogen-bond acceptors (Lipinski definition) is 6. The highest BCUT2D eigenvalue weighted by Crippen LogP contribution is 2.36. The minimum Gasteiger partial charge on any atom is -0.489 e. The number of carbonyl (C=O) groups is 1. The number of fused-ring (bicyclic) bond motifs is 1. The summed E-state index contributed by atoms with van der Waals surface area (Å²) in [6, 6.07) is 13.3. The summed E-state index contributed by atoms with van der Waals surface area (Å²) >= 11 is 1.56. The molecule has 0 bridgehead atoms. The highest BCUT2D eigenvalue weighted by Gasteiger charge is 2.33. The molecule has 1 aliphatic rings. The molecule has 1 unspecified atom stereocenters. The van der Waals surface area contributed by atoms with E-state index in [4.69, 9.17) is 10.5 Å². The van der Waals surface area contributed by atoms with E-state index in [1.807, 2.05) is 12.1 Å². The number of hydrogen-bond donors (Lipinski definition) is 2. The molecule has 1 atom stereocenters. The quantitative estimate of drug-likeness (QED) is 0.495. The van der Waals surface area contributed by atoms with Crippen molar-refractivity contribution in [1.29, 1.82) is 0 Å². The number of allylic oxidation sites excluding steroid dienone is 1. The highest BCUT2D eigenvalue weighted by atomic mass is 32.2. The second-order valence-corrected chi connectivity index (χ2v) is 8.45. The Bertz CT molecular complexity index is 1160. The molecule has 7 nitrogen and oxygen atoms in total. The molecule has 0 spiro atoms. The van der Waals surface area contributed by atoms with E-state index in [0.29, 0.717) is 33.7 Å². The number of nitrogens with one attached hydrogen (secondary N) is 1. The van der Waals surface area contributed by atoms with Crippen LogP contribution in [0.15, 0.2) is 65.0 Å². The average Bonchev–Trinajstić information content (AvgIpc) is 3.18. The number of ether oxygens (including phenoxy) is 1. The zero-order valence-electron chi connectivity index (χ0n) is 17.8. The summed E-state index contributed by atoms with van der Waals surface area (Å²) in [5.41, 5.74) is 8.09. The van der Waals surface area contributed by atoms with Crippen LogP contribution < -0.4 is 15.8 Å². The first-order valence-electron chi connectivity index (χ1n) is 10.3. The Hall–Kier alpha value is -3.33. The van der Waals surface area contributed by atoms with Gasteiger partial charge in [-0.15, -0.1) is 5.10 Å². The lowest BCUT2D eigenvalue weighted by Gasteiger charge is -2.27. The van der Waals surface area contributed by atoms with Crippen LogP contribution in [0.5, 0.6) is 5.75 Å². The van der Waals surface area contributed by atoms with E-state index in [9.17, 15) is 9.18 Å². The van der Waals surface area contributed by atoms with Gasteiger partial charge in [-0.05, 0) is 37.1 Å². The molecule has 3 aromatic rings. The molecule has 0 saturated carbocycles. The molecule has 0 radical (unpaired) electrons. The summed E-state index contributed by atoms with van der Waals surface area (Å²) < 4.78 is 21.3. The number of rotatable bonds is 8. The minimum absolute atomic E-state index is 0.121. The maximum atomic E-state index is 13.8. The van der Waals surface area contributed by atoms with Crippen molar-refractivity contribution in [3.05, 3.63) is 76.7 Å². The molecule has 9 heteroatoms. The first kappa shape index (κ1) is 21.9. The number of primary amides is 1. The highest BCUT2D eigenvalue weighted by molar-refractivity contribution is 7.99. The fourth-order valence-electron chi connectivity index (χ4n) is 3.54. The van der Waals surface area contributed by atoms with Crippen molar-refractivity contribution in [2.75, 3.05) is 11.1 Å². The number of amides is 1. The van der Waals surface area contributed by atoms with E-state index in [1.165, 1.54) is 6.07 Å². The lowest BCUT2D eigenvalue weighted by atomic mass is 9.95. The lowest BCUT2D eigenvalue weighted by molar-refractivity contribution is -0.115. The van der Waals surface area contributed by atoms with Crippen LogP contribution in [0.1, 0.15) is 37.4 Å².